The van der Waals surface area contributed by atoms with Crippen molar-refractivity contribution >= 4 is 27.5 Å². The topological polar surface area (TPSA) is 60.7 Å². The molecule has 2 aromatic heterocycles. The van der Waals surface area contributed by atoms with Crippen molar-refractivity contribution in [1.29, 1.82) is 0 Å². The van der Waals surface area contributed by atoms with Gasteiger partial charge in [0.15, 0.2) is 0 Å². The van der Waals surface area contributed by atoms with Crippen LogP contribution in [0.2, 0.25) is 0 Å². The monoisotopic (exact) mass is 372 g/mol. The molecule has 1 aromatic carbocycles. The zero-order valence-electron chi connectivity index (χ0n) is 12.3. The van der Waals surface area contributed by atoms with Gasteiger partial charge < -0.3 is 4.74 Å². The second kappa shape index (κ2) is 6.34. The van der Waals surface area contributed by atoms with Crippen LogP contribution in [0.25, 0.3) is 5.65 Å². The molecule has 0 aliphatic rings. The Bertz CT molecular complexity index is 950. The fourth-order valence-electron chi connectivity index (χ4n) is 2.22. The number of hydrogen-bond acceptors (Lipinski definition) is 4. The molecule has 5 nitrogen and oxygen atoms in total. The van der Waals surface area contributed by atoms with Crippen molar-refractivity contribution in [3.63, 3.8) is 0 Å². The summed E-state index contributed by atoms with van der Waals surface area (Å²) in [7, 11) is 0. The highest BCUT2D eigenvalue weighted by Crippen LogP contribution is 2.11. The van der Waals surface area contributed by atoms with E-state index in [1.807, 2.05) is 19.1 Å². The number of carbonyl (C=O) groups is 1. The highest BCUT2D eigenvalue weighted by molar-refractivity contribution is 9.10. The maximum absolute atomic E-state index is 12.1. The highest BCUT2D eigenvalue weighted by Gasteiger charge is 2.11. The van der Waals surface area contributed by atoms with Crippen molar-refractivity contribution in [2.45, 2.75) is 13.5 Å². The fraction of sp³-hybridized carbons (Fsp3) is 0.118. The van der Waals surface area contributed by atoms with Crippen molar-refractivity contribution in [2.75, 3.05) is 0 Å². The highest BCUT2D eigenvalue weighted by atomic mass is 79.9. The van der Waals surface area contributed by atoms with Crippen LogP contribution >= 0.6 is 15.9 Å². The predicted molar refractivity (Wildman–Crippen MR) is 89.5 cm³/mol. The molecule has 0 bridgehead atoms. The van der Waals surface area contributed by atoms with E-state index in [-0.39, 0.29) is 12.2 Å². The third-order valence-corrected chi connectivity index (χ3v) is 3.86. The third kappa shape index (κ3) is 3.32. The Morgan fingerprint density at radius 2 is 2.04 bits per heavy atom. The number of fused-ring (bicyclic) bond motifs is 1. The molecule has 0 atom stereocenters. The average molecular weight is 373 g/mol. The Balaban J connectivity index is 1.82. The van der Waals surface area contributed by atoms with Crippen molar-refractivity contribution < 1.29 is 9.53 Å². The summed E-state index contributed by atoms with van der Waals surface area (Å²) in [5.74, 6) is -0.430. The molecule has 0 spiro atoms. The van der Waals surface area contributed by atoms with Crippen LogP contribution in [-0.4, -0.2) is 15.4 Å². The van der Waals surface area contributed by atoms with Gasteiger partial charge in [0.05, 0.1) is 11.3 Å². The molecular weight excluding hydrogens is 360 g/mol. The van der Waals surface area contributed by atoms with Crippen LogP contribution in [0.3, 0.4) is 0 Å². The van der Waals surface area contributed by atoms with E-state index in [0.717, 1.165) is 10.0 Å². The minimum Gasteiger partial charge on any atom is -0.456 e. The summed E-state index contributed by atoms with van der Waals surface area (Å²) in [4.78, 5) is 28.5. The van der Waals surface area contributed by atoms with Gasteiger partial charge in [-0.3, -0.25) is 9.20 Å². The molecule has 2 heterocycles. The number of aromatic nitrogens is 2. The van der Waals surface area contributed by atoms with Crippen LogP contribution in [0, 0.1) is 6.92 Å². The molecule has 0 saturated heterocycles. The van der Waals surface area contributed by atoms with E-state index in [0.29, 0.717) is 16.9 Å². The summed E-state index contributed by atoms with van der Waals surface area (Å²) >= 11 is 3.31. The lowest BCUT2D eigenvalue weighted by Crippen LogP contribution is -2.16. The summed E-state index contributed by atoms with van der Waals surface area (Å²) in [6.45, 7) is 1.80. The van der Waals surface area contributed by atoms with Gasteiger partial charge in [-0.15, -0.1) is 0 Å². The smallest absolute Gasteiger partial charge is 0.338 e. The van der Waals surface area contributed by atoms with E-state index in [4.69, 9.17) is 4.74 Å². The zero-order chi connectivity index (χ0) is 16.4. The minimum absolute atomic E-state index is 0.0467. The van der Waals surface area contributed by atoms with Gasteiger partial charge in [0.1, 0.15) is 12.3 Å². The van der Waals surface area contributed by atoms with E-state index < -0.39 is 5.97 Å². The first-order chi connectivity index (χ1) is 11.0. The number of carbonyl (C=O) groups excluding carboxylic acids is 1. The number of pyridine rings is 1. The molecule has 0 aliphatic carbocycles. The normalized spacial score (nSPS) is 10.7. The molecule has 116 valence electrons. The molecule has 6 heteroatoms. The summed E-state index contributed by atoms with van der Waals surface area (Å²) in [6.07, 6.45) is 1.65. The van der Waals surface area contributed by atoms with E-state index in [1.54, 1.807) is 30.5 Å². The standard InChI is InChI=1S/C17H13BrN2O3/c1-11-4-2-3-5-14(11)17(22)23-10-13-8-16(21)20-9-12(18)6-7-15(20)19-13/h2-9H,10H2,1H3. The molecule has 0 N–H and O–H groups in total. The van der Waals surface area contributed by atoms with Crippen LogP contribution in [0.1, 0.15) is 21.6 Å². The van der Waals surface area contributed by atoms with E-state index >= 15 is 0 Å². The first-order valence-corrected chi connectivity index (χ1v) is 7.74. The van der Waals surface area contributed by atoms with Gasteiger partial charge in [-0.25, -0.2) is 9.78 Å². The number of aryl methyl sites for hydroxylation is 1. The summed E-state index contributed by atoms with van der Waals surface area (Å²) in [6, 6.07) is 12.1. The van der Waals surface area contributed by atoms with Gasteiger partial charge in [-0.2, -0.15) is 0 Å². The number of hydrogen-bond donors (Lipinski definition) is 0. The molecule has 0 amide bonds. The quantitative estimate of drug-likeness (QED) is 0.662. The molecule has 3 aromatic rings. The lowest BCUT2D eigenvalue weighted by Gasteiger charge is -2.07. The zero-order valence-corrected chi connectivity index (χ0v) is 13.9. The van der Waals surface area contributed by atoms with Gasteiger partial charge in [0.2, 0.25) is 0 Å². The lowest BCUT2D eigenvalue weighted by molar-refractivity contribution is 0.0467. The largest absolute Gasteiger partial charge is 0.456 e. The van der Waals surface area contributed by atoms with Crippen molar-refractivity contribution in [2.24, 2.45) is 0 Å². The molecule has 0 fully saturated rings. The first kappa shape index (κ1) is 15.4. The van der Waals surface area contributed by atoms with Gasteiger partial charge in [-0.1, -0.05) is 18.2 Å². The molecule has 0 radical (unpaired) electrons. The number of rotatable bonds is 3. The van der Waals surface area contributed by atoms with Gasteiger partial charge in [-0.05, 0) is 46.6 Å². The lowest BCUT2D eigenvalue weighted by atomic mass is 10.1. The van der Waals surface area contributed by atoms with Crippen molar-refractivity contribution in [3.05, 3.63) is 80.3 Å². The first-order valence-electron chi connectivity index (χ1n) is 6.95. The Labute approximate surface area is 140 Å². The van der Waals surface area contributed by atoms with Crippen molar-refractivity contribution in [3.8, 4) is 0 Å². The van der Waals surface area contributed by atoms with E-state index in [1.165, 1.54) is 10.5 Å². The maximum Gasteiger partial charge on any atom is 0.338 e. The predicted octanol–water partition coefficient (Wildman–Crippen LogP) is 3.12. The van der Waals surface area contributed by atoms with Crippen molar-refractivity contribution in [1.82, 2.24) is 9.38 Å². The summed E-state index contributed by atoms with van der Waals surface area (Å²) < 4.78 is 7.48. The average Bonchev–Trinajstić information content (AvgIpc) is 2.54. The van der Waals surface area contributed by atoms with Gasteiger partial charge in [0.25, 0.3) is 5.56 Å². The van der Waals surface area contributed by atoms with Crippen LogP contribution in [0.15, 0.2) is 57.9 Å². The molecule has 0 unspecified atom stereocenters. The number of halogens is 1. The third-order valence-electron chi connectivity index (χ3n) is 3.39. The molecule has 0 aliphatic heterocycles. The Morgan fingerprint density at radius 3 is 2.83 bits per heavy atom. The number of benzene rings is 1. The molecular formula is C17H13BrN2O3. The minimum atomic E-state index is -0.430. The fourth-order valence-corrected chi connectivity index (χ4v) is 2.56. The second-order valence-corrected chi connectivity index (χ2v) is 5.97. The maximum atomic E-state index is 12.1. The SMILES string of the molecule is Cc1ccccc1C(=O)OCc1cc(=O)n2cc(Br)ccc2n1. The Hall–Kier alpha value is -2.47. The number of nitrogens with zero attached hydrogens (tertiary/aromatic N) is 2. The van der Waals surface area contributed by atoms with Crippen LogP contribution in [0.4, 0.5) is 0 Å². The van der Waals surface area contributed by atoms with Gasteiger partial charge in [0, 0.05) is 16.7 Å². The summed E-state index contributed by atoms with van der Waals surface area (Å²) in [5.41, 5.74) is 2.04. The van der Waals surface area contributed by atoms with E-state index in [2.05, 4.69) is 20.9 Å². The molecule has 3 rings (SSSR count). The second-order valence-electron chi connectivity index (χ2n) is 5.05. The Morgan fingerprint density at radius 1 is 1.26 bits per heavy atom. The van der Waals surface area contributed by atoms with E-state index in [9.17, 15) is 9.59 Å². The van der Waals surface area contributed by atoms with Gasteiger partial charge >= 0.3 is 5.97 Å². The van der Waals surface area contributed by atoms with Crippen LogP contribution in [0.5, 0.6) is 0 Å². The van der Waals surface area contributed by atoms with Crippen LogP contribution < -0.4 is 5.56 Å². The Kier molecular flexibility index (Phi) is 4.25. The summed E-state index contributed by atoms with van der Waals surface area (Å²) in [5, 5.41) is 0. The molecule has 23 heavy (non-hydrogen) atoms. The number of esters is 1. The number of ether oxygens (including phenoxy) is 1. The molecule has 0 saturated carbocycles. The van der Waals surface area contributed by atoms with Crippen LogP contribution in [-0.2, 0) is 11.3 Å².